The number of halogens is 3. The Morgan fingerprint density at radius 3 is 2.33 bits per heavy atom. The molecule has 6 heteroatoms. The van der Waals surface area contributed by atoms with Gasteiger partial charge in [-0.1, -0.05) is 40.9 Å². The number of carbonyl (C=O) groups excluding carboxylic acids is 1. The number of carbonyl (C=O) groups is 1. The van der Waals surface area contributed by atoms with E-state index < -0.39 is 0 Å². The van der Waals surface area contributed by atoms with Crippen molar-refractivity contribution in [2.24, 2.45) is 0 Å². The van der Waals surface area contributed by atoms with Crippen LogP contribution >= 0.6 is 46.6 Å². The molecule has 0 N–H and O–H groups in total. The first kappa shape index (κ1) is 15.0. The second-order valence-corrected chi connectivity index (χ2v) is 6.92. The summed E-state index contributed by atoms with van der Waals surface area (Å²) in [4.78, 5) is 14.0. The van der Waals surface area contributed by atoms with E-state index in [1.54, 1.807) is 40.9 Å². The summed E-state index contributed by atoms with van der Waals surface area (Å²) < 4.78 is 0. The van der Waals surface area contributed by atoms with Gasteiger partial charge in [-0.05, 0) is 36.4 Å². The molecule has 3 rings (SSSR count). The third kappa shape index (κ3) is 3.02. The number of rotatable bonds is 2. The molecule has 1 fully saturated rings. The molecule has 1 aliphatic heterocycles. The van der Waals surface area contributed by atoms with E-state index in [2.05, 4.69) is 0 Å². The fourth-order valence-electron chi connectivity index (χ4n) is 2.24. The summed E-state index contributed by atoms with van der Waals surface area (Å²) in [6.45, 7) is 0. The normalized spacial score (nSPS) is 18.3. The summed E-state index contributed by atoms with van der Waals surface area (Å²) >= 11 is 19.7. The summed E-state index contributed by atoms with van der Waals surface area (Å²) in [5.74, 6) is 0.477. The predicted molar refractivity (Wildman–Crippen MR) is 90.6 cm³/mol. The Kier molecular flexibility index (Phi) is 4.36. The lowest BCUT2D eigenvalue weighted by Crippen LogP contribution is -2.27. The number of hydrogen-bond donors (Lipinski definition) is 0. The maximum atomic E-state index is 12.2. The van der Waals surface area contributed by atoms with Crippen molar-refractivity contribution in [2.45, 2.75) is 5.37 Å². The summed E-state index contributed by atoms with van der Waals surface area (Å²) in [5.41, 5.74) is 1.69. The highest BCUT2D eigenvalue weighted by molar-refractivity contribution is 8.00. The third-order valence-electron chi connectivity index (χ3n) is 3.20. The van der Waals surface area contributed by atoms with E-state index in [-0.39, 0.29) is 11.3 Å². The van der Waals surface area contributed by atoms with Crippen LogP contribution in [-0.4, -0.2) is 11.7 Å². The smallest absolute Gasteiger partial charge is 0.238 e. The van der Waals surface area contributed by atoms with E-state index in [1.165, 1.54) is 0 Å². The molecule has 1 saturated heterocycles. The van der Waals surface area contributed by atoms with Gasteiger partial charge in [-0.3, -0.25) is 9.69 Å². The van der Waals surface area contributed by atoms with Crippen molar-refractivity contribution in [3.05, 3.63) is 63.1 Å². The minimum atomic E-state index is -0.150. The predicted octanol–water partition coefficient (Wildman–Crippen LogP) is 5.43. The minimum Gasteiger partial charge on any atom is -0.295 e. The van der Waals surface area contributed by atoms with Crippen molar-refractivity contribution in [2.75, 3.05) is 10.7 Å². The fraction of sp³-hybridized carbons (Fsp3) is 0.133. The molecule has 0 aromatic heterocycles. The first-order valence-corrected chi connectivity index (χ1v) is 8.39. The first-order valence-electron chi connectivity index (χ1n) is 6.20. The SMILES string of the molecule is O=C1CS[C@H](c2ccc(Cl)cc2Cl)N1c1ccc(Cl)cc1. The van der Waals surface area contributed by atoms with Gasteiger partial charge in [0.1, 0.15) is 5.37 Å². The zero-order valence-corrected chi connectivity index (χ0v) is 13.8. The summed E-state index contributed by atoms with van der Waals surface area (Å²) in [5, 5.41) is 1.63. The standard InChI is InChI=1S/C15H10Cl3NOS/c16-9-1-4-11(5-2-9)19-14(20)8-21-15(19)12-6-3-10(17)7-13(12)18/h1-7,15H,8H2/t15-/m1/s1. The van der Waals surface area contributed by atoms with Gasteiger partial charge in [0.15, 0.2) is 0 Å². The van der Waals surface area contributed by atoms with Gasteiger partial charge in [0.05, 0.1) is 5.75 Å². The topological polar surface area (TPSA) is 20.3 Å². The Morgan fingerprint density at radius 2 is 1.67 bits per heavy atom. The van der Waals surface area contributed by atoms with Crippen molar-refractivity contribution in [3.8, 4) is 0 Å². The van der Waals surface area contributed by atoms with Gasteiger partial charge in [0.2, 0.25) is 5.91 Å². The maximum Gasteiger partial charge on any atom is 0.238 e. The Hall–Kier alpha value is -0.870. The maximum absolute atomic E-state index is 12.2. The molecule has 0 spiro atoms. The monoisotopic (exact) mass is 357 g/mol. The van der Waals surface area contributed by atoms with Gasteiger partial charge >= 0.3 is 0 Å². The molecule has 0 unspecified atom stereocenters. The Bertz CT molecular complexity index is 690. The molecule has 1 atom stereocenters. The number of amides is 1. The molecule has 1 aliphatic rings. The van der Waals surface area contributed by atoms with Crippen LogP contribution in [0.2, 0.25) is 15.1 Å². The number of thioether (sulfide) groups is 1. The molecular weight excluding hydrogens is 349 g/mol. The van der Waals surface area contributed by atoms with Crippen LogP contribution in [0.4, 0.5) is 5.69 Å². The van der Waals surface area contributed by atoms with Crippen LogP contribution in [0.1, 0.15) is 10.9 Å². The lowest BCUT2D eigenvalue weighted by Gasteiger charge is -2.25. The lowest BCUT2D eigenvalue weighted by molar-refractivity contribution is -0.115. The van der Waals surface area contributed by atoms with Gasteiger partial charge in [-0.2, -0.15) is 0 Å². The Labute approximate surface area is 142 Å². The quantitative estimate of drug-likeness (QED) is 0.714. The van der Waals surface area contributed by atoms with E-state index in [0.717, 1.165) is 11.3 Å². The summed E-state index contributed by atoms with van der Waals surface area (Å²) in [7, 11) is 0. The lowest BCUT2D eigenvalue weighted by atomic mass is 10.2. The van der Waals surface area contributed by atoms with Gasteiger partial charge in [-0.15, -0.1) is 11.8 Å². The number of nitrogens with zero attached hydrogens (tertiary/aromatic N) is 1. The molecule has 108 valence electrons. The first-order chi connectivity index (χ1) is 10.1. The number of hydrogen-bond acceptors (Lipinski definition) is 2. The van der Waals surface area contributed by atoms with E-state index in [9.17, 15) is 4.79 Å². The molecule has 0 bridgehead atoms. The van der Waals surface area contributed by atoms with Crippen LogP contribution in [0.25, 0.3) is 0 Å². The highest BCUT2D eigenvalue weighted by atomic mass is 35.5. The Morgan fingerprint density at radius 1 is 1.00 bits per heavy atom. The van der Waals surface area contributed by atoms with Crippen molar-refractivity contribution < 1.29 is 4.79 Å². The van der Waals surface area contributed by atoms with Gasteiger partial charge in [0, 0.05) is 26.3 Å². The molecule has 0 aliphatic carbocycles. The second kappa shape index (κ2) is 6.09. The van der Waals surface area contributed by atoms with Crippen molar-refractivity contribution in [1.82, 2.24) is 0 Å². The third-order valence-corrected chi connectivity index (χ3v) is 5.21. The average Bonchev–Trinajstić information content (AvgIpc) is 2.82. The van der Waals surface area contributed by atoms with Crippen LogP contribution in [0.5, 0.6) is 0 Å². The molecule has 0 saturated carbocycles. The number of anilines is 1. The van der Waals surface area contributed by atoms with Crippen LogP contribution in [-0.2, 0) is 4.79 Å². The summed E-state index contributed by atoms with van der Waals surface area (Å²) in [6.07, 6.45) is 0. The fourth-order valence-corrected chi connectivity index (χ4v) is 4.15. The second-order valence-electron chi connectivity index (χ2n) is 4.57. The zero-order chi connectivity index (χ0) is 15.0. The van der Waals surface area contributed by atoms with E-state index >= 15 is 0 Å². The van der Waals surface area contributed by atoms with Crippen LogP contribution in [0.15, 0.2) is 42.5 Å². The van der Waals surface area contributed by atoms with Crippen molar-refractivity contribution in [1.29, 1.82) is 0 Å². The van der Waals surface area contributed by atoms with Gasteiger partial charge in [-0.25, -0.2) is 0 Å². The molecule has 21 heavy (non-hydrogen) atoms. The van der Waals surface area contributed by atoms with E-state index in [0.29, 0.717) is 20.8 Å². The highest BCUT2D eigenvalue weighted by Gasteiger charge is 2.35. The van der Waals surface area contributed by atoms with Crippen molar-refractivity contribution in [3.63, 3.8) is 0 Å². The van der Waals surface area contributed by atoms with Crippen LogP contribution in [0.3, 0.4) is 0 Å². The minimum absolute atomic E-state index is 0.0540. The Balaban J connectivity index is 2.01. The molecule has 2 aromatic carbocycles. The molecular formula is C15H10Cl3NOS. The van der Waals surface area contributed by atoms with Crippen molar-refractivity contribution >= 4 is 58.2 Å². The summed E-state index contributed by atoms with van der Waals surface area (Å²) in [6, 6.07) is 12.6. The van der Waals surface area contributed by atoms with Crippen LogP contribution < -0.4 is 4.90 Å². The van der Waals surface area contributed by atoms with E-state index in [1.807, 2.05) is 18.2 Å². The molecule has 0 radical (unpaired) electrons. The largest absolute Gasteiger partial charge is 0.295 e. The number of benzene rings is 2. The zero-order valence-electron chi connectivity index (χ0n) is 10.7. The average molecular weight is 359 g/mol. The van der Waals surface area contributed by atoms with E-state index in [4.69, 9.17) is 34.8 Å². The van der Waals surface area contributed by atoms with Gasteiger partial charge < -0.3 is 0 Å². The van der Waals surface area contributed by atoms with Gasteiger partial charge in [0.25, 0.3) is 0 Å². The highest BCUT2D eigenvalue weighted by Crippen LogP contribution is 2.44. The molecule has 1 amide bonds. The van der Waals surface area contributed by atoms with Crippen LogP contribution in [0, 0.1) is 0 Å². The molecule has 2 nitrogen and oxygen atoms in total. The molecule has 2 aromatic rings. The molecule has 1 heterocycles.